The average Bonchev–Trinajstić information content (AvgIpc) is 3.14. The van der Waals surface area contributed by atoms with E-state index < -0.39 is 17.6 Å². The van der Waals surface area contributed by atoms with Gasteiger partial charge in [0.1, 0.15) is 17.3 Å². The number of rotatable bonds is 3. The number of benzene rings is 5. The lowest BCUT2D eigenvalue weighted by atomic mass is 9.84. The Balaban J connectivity index is 1.76. The van der Waals surface area contributed by atoms with E-state index in [0.717, 1.165) is 15.7 Å². The zero-order valence-electron chi connectivity index (χ0n) is 18.8. The number of carbonyl (C=O) groups excluding carboxylic acids is 2. The van der Waals surface area contributed by atoms with Gasteiger partial charge in [0.15, 0.2) is 0 Å². The van der Waals surface area contributed by atoms with Gasteiger partial charge in [-0.05, 0) is 58.3 Å². The topological polar surface area (TPSA) is 77.8 Å². The van der Waals surface area contributed by atoms with Crippen LogP contribution in [0.3, 0.4) is 0 Å². The molecule has 0 aliphatic carbocycles. The molecule has 0 unspecified atom stereocenters. The van der Waals surface area contributed by atoms with Gasteiger partial charge in [-0.3, -0.25) is 9.59 Å². The molecule has 0 fully saturated rings. The molecule has 0 aromatic heterocycles. The van der Waals surface area contributed by atoms with Crippen LogP contribution in [-0.4, -0.2) is 22.0 Å². The summed E-state index contributed by atoms with van der Waals surface area (Å²) in [6.07, 6.45) is 0. The molecule has 6 heteroatoms. The number of para-hydroxylation sites is 1. The van der Waals surface area contributed by atoms with E-state index in [1.54, 1.807) is 30.3 Å². The summed E-state index contributed by atoms with van der Waals surface area (Å²) in [5, 5.41) is 21.1. The van der Waals surface area contributed by atoms with Crippen molar-refractivity contribution in [1.82, 2.24) is 0 Å². The number of anilines is 1. The second-order valence-corrected chi connectivity index (χ2v) is 8.54. The Morgan fingerprint density at radius 2 is 0.944 bits per heavy atom. The standard InChI is InChI=1S/C30H18FNO4/c31-23-7-3-4-8-24(23)32-29(35)27-25(17-9-13-19(33)14-10-17)21-5-1-2-6-22(21)26(28(27)30(32)36)18-11-15-20(34)16-12-18/h1-16,33-34H. The molecule has 0 bridgehead atoms. The first-order valence-corrected chi connectivity index (χ1v) is 11.3. The van der Waals surface area contributed by atoms with Gasteiger partial charge < -0.3 is 10.2 Å². The Labute approximate surface area is 205 Å². The molecule has 1 aliphatic rings. The number of fused-ring (bicyclic) bond motifs is 2. The fraction of sp³-hybridized carbons (Fsp3) is 0. The summed E-state index contributed by atoms with van der Waals surface area (Å²) < 4.78 is 14.8. The van der Waals surface area contributed by atoms with Crippen LogP contribution in [0.2, 0.25) is 0 Å². The van der Waals surface area contributed by atoms with Gasteiger partial charge in [-0.15, -0.1) is 0 Å². The molecular formula is C30H18FNO4. The quantitative estimate of drug-likeness (QED) is 0.291. The van der Waals surface area contributed by atoms with Crippen molar-refractivity contribution < 1.29 is 24.2 Å². The van der Waals surface area contributed by atoms with Gasteiger partial charge >= 0.3 is 0 Å². The van der Waals surface area contributed by atoms with Crippen LogP contribution in [0.15, 0.2) is 97.1 Å². The second kappa shape index (κ2) is 8.06. The Morgan fingerprint density at radius 1 is 0.528 bits per heavy atom. The lowest BCUT2D eigenvalue weighted by Gasteiger charge is -2.17. The van der Waals surface area contributed by atoms with Gasteiger partial charge in [0.25, 0.3) is 11.8 Å². The van der Waals surface area contributed by atoms with Crippen LogP contribution >= 0.6 is 0 Å². The van der Waals surface area contributed by atoms with Crippen LogP contribution < -0.4 is 4.90 Å². The summed E-state index contributed by atoms with van der Waals surface area (Å²) in [5.74, 6) is -1.82. The van der Waals surface area contributed by atoms with Crippen molar-refractivity contribution >= 4 is 28.3 Å². The number of nitrogens with zero attached hydrogens (tertiary/aromatic N) is 1. The number of hydrogen-bond donors (Lipinski definition) is 2. The van der Waals surface area contributed by atoms with E-state index in [1.165, 1.54) is 42.5 Å². The molecule has 0 saturated carbocycles. The van der Waals surface area contributed by atoms with Gasteiger partial charge in [-0.25, -0.2) is 9.29 Å². The monoisotopic (exact) mass is 475 g/mol. The molecule has 2 N–H and O–H groups in total. The molecule has 174 valence electrons. The summed E-state index contributed by atoms with van der Waals surface area (Å²) >= 11 is 0. The third-order valence-electron chi connectivity index (χ3n) is 6.45. The summed E-state index contributed by atoms with van der Waals surface area (Å²) in [7, 11) is 0. The van der Waals surface area contributed by atoms with Gasteiger partial charge in [-0.1, -0.05) is 60.7 Å². The van der Waals surface area contributed by atoms with Gasteiger partial charge in [-0.2, -0.15) is 0 Å². The van der Waals surface area contributed by atoms with E-state index in [1.807, 2.05) is 24.3 Å². The molecular weight excluding hydrogens is 457 g/mol. The van der Waals surface area contributed by atoms with E-state index in [0.29, 0.717) is 22.3 Å². The first-order chi connectivity index (χ1) is 17.5. The average molecular weight is 475 g/mol. The molecule has 2 amide bonds. The van der Waals surface area contributed by atoms with Crippen LogP contribution in [0.1, 0.15) is 20.7 Å². The van der Waals surface area contributed by atoms with Crippen LogP contribution in [0.25, 0.3) is 33.0 Å². The van der Waals surface area contributed by atoms with Crippen molar-refractivity contribution in [3.63, 3.8) is 0 Å². The van der Waals surface area contributed by atoms with Crippen molar-refractivity contribution in [1.29, 1.82) is 0 Å². The molecule has 5 nitrogen and oxygen atoms in total. The van der Waals surface area contributed by atoms with Crippen molar-refractivity contribution in [3.8, 4) is 33.8 Å². The lowest BCUT2D eigenvalue weighted by Crippen LogP contribution is -2.30. The summed E-state index contributed by atoms with van der Waals surface area (Å²) in [4.78, 5) is 28.8. The minimum atomic E-state index is -0.686. The van der Waals surface area contributed by atoms with Gasteiger partial charge in [0.05, 0.1) is 16.8 Å². The Kier molecular flexibility index (Phi) is 4.83. The van der Waals surface area contributed by atoms with Crippen LogP contribution in [-0.2, 0) is 0 Å². The Hall–Kier alpha value is -4.97. The van der Waals surface area contributed by atoms with E-state index >= 15 is 0 Å². The lowest BCUT2D eigenvalue weighted by molar-refractivity contribution is 0.0925. The fourth-order valence-electron chi connectivity index (χ4n) is 4.89. The maximum atomic E-state index is 14.8. The number of carbonyl (C=O) groups is 2. The summed E-state index contributed by atoms with van der Waals surface area (Å²) in [6, 6.07) is 25.9. The molecule has 0 atom stereocenters. The maximum Gasteiger partial charge on any atom is 0.266 e. The highest BCUT2D eigenvalue weighted by Crippen LogP contribution is 2.46. The number of halogens is 1. The highest BCUT2D eigenvalue weighted by atomic mass is 19.1. The fourth-order valence-corrected chi connectivity index (χ4v) is 4.89. The van der Waals surface area contributed by atoms with Gasteiger partial charge in [0.2, 0.25) is 0 Å². The SMILES string of the molecule is O=C1c2c(c(-c3ccc(O)cc3)c3ccccc3c2-c2ccc(O)cc2)C(=O)N1c1ccccc1F. The molecule has 0 saturated heterocycles. The third kappa shape index (κ3) is 3.15. The van der Waals surface area contributed by atoms with Crippen LogP contribution in [0.4, 0.5) is 10.1 Å². The highest BCUT2D eigenvalue weighted by Gasteiger charge is 2.43. The minimum Gasteiger partial charge on any atom is -0.508 e. The summed E-state index contributed by atoms with van der Waals surface area (Å²) in [6.45, 7) is 0. The molecule has 5 aromatic rings. The molecule has 6 rings (SSSR count). The predicted octanol–water partition coefficient (Wildman–Crippen LogP) is 6.52. The number of aromatic hydroxyl groups is 2. The van der Waals surface area contributed by atoms with Gasteiger partial charge in [0, 0.05) is 11.1 Å². The van der Waals surface area contributed by atoms with E-state index in [9.17, 15) is 24.2 Å². The minimum absolute atomic E-state index is 0.0656. The zero-order chi connectivity index (χ0) is 25.0. The molecule has 36 heavy (non-hydrogen) atoms. The highest BCUT2D eigenvalue weighted by molar-refractivity contribution is 6.40. The predicted molar refractivity (Wildman–Crippen MR) is 136 cm³/mol. The first kappa shape index (κ1) is 21.6. The molecule has 0 spiro atoms. The number of hydrogen-bond acceptors (Lipinski definition) is 4. The molecule has 0 radical (unpaired) electrons. The van der Waals surface area contributed by atoms with E-state index in [-0.39, 0.29) is 28.3 Å². The van der Waals surface area contributed by atoms with Crippen LogP contribution in [0, 0.1) is 5.82 Å². The third-order valence-corrected chi connectivity index (χ3v) is 6.45. The van der Waals surface area contributed by atoms with Crippen molar-refractivity contribution in [2.45, 2.75) is 0 Å². The van der Waals surface area contributed by atoms with Crippen molar-refractivity contribution in [2.75, 3.05) is 4.90 Å². The number of amides is 2. The van der Waals surface area contributed by atoms with E-state index in [4.69, 9.17) is 0 Å². The Morgan fingerprint density at radius 3 is 1.39 bits per heavy atom. The molecule has 1 aliphatic heterocycles. The zero-order valence-corrected chi connectivity index (χ0v) is 18.8. The van der Waals surface area contributed by atoms with Crippen molar-refractivity contribution in [2.24, 2.45) is 0 Å². The summed E-state index contributed by atoms with van der Waals surface area (Å²) in [5.41, 5.74) is 2.52. The molecule has 5 aromatic carbocycles. The Bertz CT molecular complexity index is 1590. The smallest absolute Gasteiger partial charge is 0.266 e. The molecule has 1 heterocycles. The number of phenolic OH excluding ortho intramolecular Hbond substituents is 2. The first-order valence-electron chi connectivity index (χ1n) is 11.3. The van der Waals surface area contributed by atoms with Crippen LogP contribution in [0.5, 0.6) is 11.5 Å². The van der Waals surface area contributed by atoms with Crippen molar-refractivity contribution in [3.05, 3.63) is 114 Å². The second-order valence-electron chi connectivity index (χ2n) is 8.54. The number of phenols is 2. The van der Waals surface area contributed by atoms with E-state index in [2.05, 4.69) is 0 Å². The largest absolute Gasteiger partial charge is 0.508 e. The number of imide groups is 1. The maximum absolute atomic E-state index is 14.8. The normalized spacial score (nSPS) is 12.9.